The molecule has 0 aromatic heterocycles. The number of carbonyl (C=O) groups is 2. The number of halogens is 1. The Bertz CT molecular complexity index is 626. The van der Waals surface area contributed by atoms with E-state index in [2.05, 4.69) is 5.32 Å². The molecule has 21 heavy (non-hydrogen) atoms. The van der Waals surface area contributed by atoms with E-state index < -0.39 is 11.9 Å². The lowest BCUT2D eigenvalue weighted by Crippen LogP contribution is -2.38. The average molecular weight is 303 g/mol. The highest BCUT2D eigenvalue weighted by molar-refractivity contribution is 6.30. The van der Waals surface area contributed by atoms with E-state index >= 15 is 0 Å². The van der Waals surface area contributed by atoms with Gasteiger partial charge in [0.15, 0.2) is 0 Å². The van der Waals surface area contributed by atoms with Crippen LogP contribution in [-0.4, -0.2) is 11.8 Å². The smallest absolute Gasteiger partial charge is 0.244 e. The van der Waals surface area contributed by atoms with E-state index in [0.29, 0.717) is 10.6 Å². The van der Waals surface area contributed by atoms with Gasteiger partial charge in [-0.2, -0.15) is 0 Å². The highest BCUT2D eigenvalue weighted by Crippen LogP contribution is 2.13. The number of rotatable bonds is 5. The molecule has 2 rings (SSSR count). The van der Waals surface area contributed by atoms with Gasteiger partial charge in [-0.15, -0.1) is 0 Å². The van der Waals surface area contributed by atoms with Crippen LogP contribution in [0.25, 0.3) is 0 Å². The molecule has 0 aliphatic carbocycles. The summed E-state index contributed by atoms with van der Waals surface area (Å²) in [6, 6.07) is 15.0. The molecular weight excluding hydrogens is 288 g/mol. The fourth-order valence-corrected chi connectivity index (χ4v) is 2.09. The summed E-state index contributed by atoms with van der Waals surface area (Å²) in [7, 11) is 0. The number of nitrogens with one attached hydrogen (secondary N) is 1. The fraction of sp³-hybridized carbons (Fsp3) is 0.125. The van der Waals surface area contributed by atoms with Crippen LogP contribution < -0.4 is 11.1 Å². The second-order valence-electron chi connectivity index (χ2n) is 4.62. The standard InChI is InChI=1S/C16H15ClN2O2/c17-13-8-6-11(7-9-13)10-14(20)19-15(16(18)21)12-4-2-1-3-5-12/h1-9,15H,10H2,(H2,18,21)(H,19,20)/t15-/m1/s1. The molecule has 3 N–H and O–H groups in total. The third kappa shape index (κ3) is 4.33. The Hall–Kier alpha value is -2.33. The zero-order chi connectivity index (χ0) is 15.2. The van der Waals surface area contributed by atoms with Gasteiger partial charge < -0.3 is 11.1 Å². The Morgan fingerprint density at radius 3 is 2.24 bits per heavy atom. The largest absolute Gasteiger partial charge is 0.368 e. The van der Waals surface area contributed by atoms with Crippen LogP contribution >= 0.6 is 11.6 Å². The third-order valence-electron chi connectivity index (χ3n) is 3.00. The Kier molecular flexibility index (Phi) is 4.95. The minimum absolute atomic E-state index is 0.160. The maximum Gasteiger partial charge on any atom is 0.244 e. The van der Waals surface area contributed by atoms with Crippen molar-refractivity contribution in [2.75, 3.05) is 0 Å². The molecule has 0 unspecified atom stereocenters. The molecule has 2 aromatic rings. The zero-order valence-electron chi connectivity index (χ0n) is 11.3. The van der Waals surface area contributed by atoms with Crippen LogP contribution in [0.4, 0.5) is 0 Å². The van der Waals surface area contributed by atoms with Crippen LogP contribution in [0.2, 0.25) is 5.02 Å². The molecule has 0 fully saturated rings. The van der Waals surface area contributed by atoms with Gasteiger partial charge in [-0.1, -0.05) is 54.1 Å². The van der Waals surface area contributed by atoms with E-state index in [1.165, 1.54) is 0 Å². The lowest BCUT2D eigenvalue weighted by atomic mass is 10.1. The number of carbonyl (C=O) groups excluding carboxylic acids is 2. The Morgan fingerprint density at radius 2 is 1.67 bits per heavy atom. The first-order valence-corrected chi connectivity index (χ1v) is 6.82. The van der Waals surface area contributed by atoms with Crippen molar-refractivity contribution >= 4 is 23.4 Å². The minimum atomic E-state index is -0.828. The number of primary amides is 1. The van der Waals surface area contributed by atoms with Crippen LogP contribution in [0.5, 0.6) is 0 Å². The molecular formula is C16H15ClN2O2. The van der Waals surface area contributed by atoms with Crippen molar-refractivity contribution < 1.29 is 9.59 Å². The van der Waals surface area contributed by atoms with Gasteiger partial charge in [-0.3, -0.25) is 9.59 Å². The highest BCUT2D eigenvalue weighted by Gasteiger charge is 2.19. The SMILES string of the molecule is NC(=O)[C@H](NC(=O)Cc1ccc(Cl)cc1)c1ccccc1. The number of benzene rings is 2. The van der Waals surface area contributed by atoms with E-state index in [1.807, 2.05) is 6.07 Å². The van der Waals surface area contributed by atoms with Gasteiger partial charge >= 0.3 is 0 Å². The van der Waals surface area contributed by atoms with Crippen molar-refractivity contribution in [1.29, 1.82) is 0 Å². The Morgan fingerprint density at radius 1 is 1.05 bits per heavy atom. The van der Waals surface area contributed by atoms with Gasteiger partial charge in [0.2, 0.25) is 11.8 Å². The summed E-state index contributed by atoms with van der Waals surface area (Å²) in [6.45, 7) is 0. The van der Waals surface area contributed by atoms with E-state index in [9.17, 15) is 9.59 Å². The summed E-state index contributed by atoms with van der Waals surface area (Å²) < 4.78 is 0. The minimum Gasteiger partial charge on any atom is -0.368 e. The fourth-order valence-electron chi connectivity index (χ4n) is 1.96. The number of hydrogen-bond acceptors (Lipinski definition) is 2. The molecule has 5 heteroatoms. The average Bonchev–Trinajstić information content (AvgIpc) is 2.48. The van der Waals surface area contributed by atoms with Crippen LogP contribution in [0.3, 0.4) is 0 Å². The monoisotopic (exact) mass is 302 g/mol. The summed E-state index contributed by atoms with van der Waals surface area (Å²) in [4.78, 5) is 23.6. The Labute approximate surface area is 127 Å². The van der Waals surface area contributed by atoms with Gasteiger partial charge in [-0.05, 0) is 23.3 Å². The molecule has 0 spiro atoms. The molecule has 0 saturated carbocycles. The predicted molar refractivity (Wildman–Crippen MR) is 81.7 cm³/mol. The van der Waals surface area contributed by atoms with E-state index in [4.69, 9.17) is 17.3 Å². The first kappa shape index (κ1) is 15.1. The molecule has 4 nitrogen and oxygen atoms in total. The predicted octanol–water partition coefficient (Wildman–Crippen LogP) is 2.23. The van der Waals surface area contributed by atoms with Crippen LogP contribution in [0.15, 0.2) is 54.6 Å². The summed E-state index contributed by atoms with van der Waals surface area (Å²) in [5, 5.41) is 3.26. The lowest BCUT2D eigenvalue weighted by Gasteiger charge is -2.15. The molecule has 0 radical (unpaired) electrons. The van der Waals surface area contributed by atoms with Crippen molar-refractivity contribution in [1.82, 2.24) is 5.32 Å². The molecule has 2 aromatic carbocycles. The summed E-state index contributed by atoms with van der Waals surface area (Å²) in [5.74, 6) is -0.865. The first-order chi connectivity index (χ1) is 10.1. The van der Waals surface area contributed by atoms with Crippen LogP contribution in [-0.2, 0) is 16.0 Å². The highest BCUT2D eigenvalue weighted by atomic mass is 35.5. The Balaban J connectivity index is 2.05. The lowest BCUT2D eigenvalue weighted by molar-refractivity contribution is -0.127. The number of hydrogen-bond donors (Lipinski definition) is 2. The van der Waals surface area contributed by atoms with E-state index in [0.717, 1.165) is 5.56 Å². The molecule has 2 amide bonds. The van der Waals surface area contributed by atoms with Crippen LogP contribution in [0.1, 0.15) is 17.2 Å². The maximum absolute atomic E-state index is 12.0. The molecule has 0 bridgehead atoms. The van der Waals surface area contributed by atoms with Crippen LogP contribution in [0, 0.1) is 0 Å². The molecule has 0 saturated heterocycles. The number of amides is 2. The van der Waals surface area contributed by atoms with Gasteiger partial charge in [0.1, 0.15) is 6.04 Å². The second kappa shape index (κ2) is 6.90. The van der Waals surface area contributed by atoms with E-state index in [1.54, 1.807) is 48.5 Å². The van der Waals surface area contributed by atoms with Gasteiger partial charge in [0.05, 0.1) is 6.42 Å². The van der Waals surface area contributed by atoms with Crippen molar-refractivity contribution in [3.8, 4) is 0 Å². The second-order valence-corrected chi connectivity index (χ2v) is 5.05. The van der Waals surface area contributed by atoms with Crippen molar-refractivity contribution in [3.05, 3.63) is 70.7 Å². The summed E-state index contributed by atoms with van der Waals surface area (Å²) in [6.07, 6.45) is 0.160. The molecule has 0 aliphatic rings. The third-order valence-corrected chi connectivity index (χ3v) is 3.25. The van der Waals surface area contributed by atoms with Crippen molar-refractivity contribution in [3.63, 3.8) is 0 Å². The molecule has 108 valence electrons. The topological polar surface area (TPSA) is 72.2 Å². The normalized spacial score (nSPS) is 11.7. The molecule has 1 atom stereocenters. The number of nitrogens with two attached hydrogens (primary N) is 1. The summed E-state index contributed by atoms with van der Waals surface area (Å²) >= 11 is 5.79. The quantitative estimate of drug-likeness (QED) is 0.889. The molecule has 0 heterocycles. The van der Waals surface area contributed by atoms with Crippen molar-refractivity contribution in [2.45, 2.75) is 12.5 Å². The molecule has 0 aliphatic heterocycles. The van der Waals surface area contributed by atoms with E-state index in [-0.39, 0.29) is 12.3 Å². The maximum atomic E-state index is 12.0. The van der Waals surface area contributed by atoms with Gasteiger partial charge in [0, 0.05) is 5.02 Å². The first-order valence-electron chi connectivity index (χ1n) is 6.44. The van der Waals surface area contributed by atoms with Crippen molar-refractivity contribution in [2.24, 2.45) is 5.73 Å². The van der Waals surface area contributed by atoms with Gasteiger partial charge in [0.25, 0.3) is 0 Å². The summed E-state index contributed by atoms with van der Waals surface area (Å²) in [5.41, 5.74) is 6.83. The van der Waals surface area contributed by atoms with Gasteiger partial charge in [-0.25, -0.2) is 0 Å². The zero-order valence-corrected chi connectivity index (χ0v) is 12.0.